The highest BCUT2D eigenvalue weighted by atomic mass is 32.2. The summed E-state index contributed by atoms with van der Waals surface area (Å²) in [5.74, 6) is 0. The van der Waals surface area contributed by atoms with Gasteiger partial charge in [0.1, 0.15) is 0 Å². The molecule has 1 aliphatic carbocycles. The quantitative estimate of drug-likeness (QED) is 0.741. The van der Waals surface area contributed by atoms with Gasteiger partial charge in [0.15, 0.2) is 0 Å². The van der Waals surface area contributed by atoms with E-state index in [4.69, 9.17) is 4.74 Å². The fourth-order valence-corrected chi connectivity index (χ4v) is 4.97. The average Bonchev–Trinajstić information content (AvgIpc) is 3.07. The maximum Gasteiger partial charge on any atom is 0.217 e. The van der Waals surface area contributed by atoms with Crippen molar-refractivity contribution in [2.45, 2.75) is 50.1 Å². The molecule has 0 spiro atoms. The minimum Gasteiger partial charge on any atom is -0.374 e. The standard InChI is InChI=1S/C12H22N2O3S/c1-9(2)14-5-6-17-12-8-13(7-11(12)14)18(15,16)10-3-4-10/h9-12H,3-8H2,1-2H3/t11-,12+/m1/s1. The fraction of sp³-hybridized carbons (Fsp3) is 1.00. The Morgan fingerprint density at radius 1 is 1.22 bits per heavy atom. The number of hydrogen-bond acceptors (Lipinski definition) is 4. The summed E-state index contributed by atoms with van der Waals surface area (Å²) in [4.78, 5) is 2.39. The molecule has 6 heteroatoms. The molecule has 0 bridgehead atoms. The zero-order valence-electron chi connectivity index (χ0n) is 11.1. The molecule has 3 rings (SSSR count). The molecule has 2 aliphatic heterocycles. The molecule has 0 radical (unpaired) electrons. The predicted octanol–water partition coefficient (Wildman–Crippen LogP) is 0.272. The van der Waals surface area contributed by atoms with E-state index >= 15 is 0 Å². The van der Waals surface area contributed by atoms with E-state index in [-0.39, 0.29) is 17.4 Å². The first-order valence-electron chi connectivity index (χ1n) is 6.86. The van der Waals surface area contributed by atoms with Crippen molar-refractivity contribution in [3.63, 3.8) is 0 Å². The summed E-state index contributed by atoms with van der Waals surface area (Å²) in [6, 6.07) is 0.692. The highest BCUT2D eigenvalue weighted by molar-refractivity contribution is 7.90. The van der Waals surface area contributed by atoms with E-state index in [9.17, 15) is 8.42 Å². The first kappa shape index (κ1) is 12.8. The van der Waals surface area contributed by atoms with Crippen LogP contribution in [0.4, 0.5) is 0 Å². The average molecular weight is 274 g/mol. The Morgan fingerprint density at radius 3 is 2.56 bits per heavy atom. The van der Waals surface area contributed by atoms with Gasteiger partial charge in [0.25, 0.3) is 0 Å². The van der Waals surface area contributed by atoms with Gasteiger partial charge in [0, 0.05) is 25.7 Å². The van der Waals surface area contributed by atoms with Crippen LogP contribution in [0.15, 0.2) is 0 Å². The van der Waals surface area contributed by atoms with E-state index in [1.807, 2.05) is 0 Å². The highest BCUT2D eigenvalue weighted by Crippen LogP contribution is 2.35. The number of hydrogen-bond donors (Lipinski definition) is 0. The molecule has 2 saturated heterocycles. The molecule has 3 fully saturated rings. The molecule has 0 aromatic carbocycles. The normalized spacial score (nSPS) is 35.1. The van der Waals surface area contributed by atoms with Crippen molar-refractivity contribution < 1.29 is 13.2 Å². The van der Waals surface area contributed by atoms with Crippen LogP contribution in [0.2, 0.25) is 0 Å². The summed E-state index contributed by atoms with van der Waals surface area (Å²) in [6.07, 6.45) is 1.74. The minimum absolute atomic E-state index is 0.0645. The maximum absolute atomic E-state index is 12.3. The number of morpholine rings is 1. The van der Waals surface area contributed by atoms with Gasteiger partial charge in [0.2, 0.25) is 10.0 Å². The second kappa shape index (κ2) is 4.44. The Labute approximate surface area is 109 Å². The fourth-order valence-electron chi connectivity index (χ4n) is 3.11. The van der Waals surface area contributed by atoms with Crippen molar-refractivity contribution in [2.75, 3.05) is 26.2 Å². The van der Waals surface area contributed by atoms with Crippen LogP contribution in [-0.2, 0) is 14.8 Å². The lowest BCUT2D eigenvalue weighted by Gasteiger charge is -2.39. The Morgan fingerprint density at radius 2 is 1.94 bits per heavy atom. The lowest BCUT2D eigenvalue weighted by atomic mass is 10.1. The molecule has 0 amide bonds. The Hall–Kier alpha value is -0.170. The van der Waals surface area contributed by atoms with Crippen molar-refractivity contribution in [2.24, 2.45) is 0 Å². The van der Waals surface area contributed by atoms with Gasteiger partial charge in [0.05, 0.1) is 24.0 Å². The third-order valence-electron chi connectivity index (χ3n) is 4.28. The van der Waals surface area contributed by atoms with E-state index in [0.29, 0.717) is 19.1 Å². The molecular formula is C12H22N2O3S. The molecule has 0 aromatic heterocycles. The second-order valence-electron chi connectivity index (χ2n) is 5.87. The van der Waals surface area contributed by atoms with Crippen LogP contribution in [0.1, 0.15) is 26.7 Å². The van der Waals surface area contributed by atoms with Gasteiger partial charge >= 0.3 is 0 Å². The summed E-state index contributed by atoms with van der Waals surface area (Å²) in [5, 5.41) is -0.106. The van der Waals surface area contributed by atoms with Gasteiger partial charge in [-0.3, -0.25) is 4.90 Å². The summed E-state index contributed by atoms with van der Waals surface area (Å²) < 4.78 is 32.0. The van der Waals surface area contributed by atoms with Crippen LogP contribution in [0.5, 0.6) is 0 Å². The molecule has 0 N–H and O–H groups in total. The van der Waals surface area contributed by atoms with E-state index < -0.39 is 10.0 Å². The molecule has 0 unspecified atom stereocenters. The van der Waals surface area contributed by atoms with Gasteiger partial charge in [-0.05, 0) is 26.7 Å². The highest BCUT2D eigenvalue weighted by Gasteiger charge is 2.48. The number of fused-ring (bicyclic) bond motifs is 1. The smallest absolute Gasteiger partial charge is 0.217 e. The van der Waals surface area contributed by atoms with Gasteiger partial charge in [-0.15, -0.1) is 0 Å². The van der Waals surface area contributed by atoms with Crippen LogP contribution in [0.25, 0.3) is 0 Å². The monoisotopic (exact) mass is 274 g/mol. The molecule has 0 aromatic rings. The van der Waals surface area contributed by atoms with Crippen molar-refractivity contribution in [3.05, 3.63) is 0 Å². The minimum atomic E-state index is -3.05. The summed E-state index contributed by atoms with van der Waals surface area (Å²) in [7, 11) is -3.05. The lowest BCUT2D eigenvalue weighted by molar-refractivity contribution is -0.0582. The number of sulfonamides is 1. The van der Waals surface area contributed by atoms with Crippen LogP contribution in [0, 0.1) is 0 Å². The van der Waals surface area contributed by atoms with Crippen LogP contribution in [-0.4, -0.2) is 67.3 Å². The zero-order valence-corrected chi connectivity index (χ0v) is 11.9. The third-order valence-corrected chi connectivity index (χ3v) is 6.61. The molecular weight excluding hydrogens is 252 g/mol. The molecule has 104 valence electrons. The van der Waals surface area contributed by atoms with Crippen LogP contribution >= 0.6 is 0 Å². The third kappa shape index (κ3) is 2.09. The Kier molecular flexibility index (Phi) is 3.17. The predicted molar refractivity (Wildman–Crippen MR) is 68.9 cm³/mol. The molecule has 3 aliphatic rings. The first-order chi connectivity index (χ1) is 8.50. The largest absolute Gasteiger partial charge is 0.374 e. The molecule has 2 heterocycles. The van der Waals surface area contributed by atoms with Gasteiger partial charge in [-0.25, -0.2) is 8.42 Å². The summed E-state index contributed by atoms with van der Waals surface area (Å²) in [5.41, 5.74) is 0. The van der Waals surface area contributed by atoms with Crippen LogP contribution in [0.3, 0.4) is 0 Å². The Balaban J connectivity index is 1.76. The number of ether oxygens (including phenoxy) is 1. The summed E-state index contributed by atoms with van der Waals surface area (Å²) in [6.45, 7) is 7.13. The zero-order chi connectivity index (χ0) is 12.9. The second-order valence-corrected chi connectivity index (χ2v) is 8.08. The maximum atomic E-state index is 12.3. The SMILES string of the molecule is CC(C)N1CCO[C@H]2CN(S(=O)(=O)C3CC3)C[C@H]21. The van der Waals surface area contributed by atoms with Crippen molar-refractivity contribution in [1.82, 2.24) is 9.21 Å². The van der Waals surface area contributed by atoms with Gasteiger partial charge in [-0.1, -0.05) is 0 Å². The van der Waals surface area contributed by atoms with Crippen molar-refractivity contribution in [3.8, 4) is 0 Å². The van der Waals surface area contributed by atoms with Crippen LogP contribution < -0.4 is 0 Å². The van der Waals surface area contributed by atoms with Gasteiger partial charge in [-0.2, -0.15) is 4.31 Å². The van der Waals surface area contributed by atoms with E-state index in [1.54, 1.807) is 4.31 Å². The number of nitrogens with zero attached hydrogens (tertiary/aromatic N) is 2. The van der Waals surface area contributed by atoms with E-state index in [1.165, 1.54) is 0 Å². The lowest BCUT2D eigenvalue weighted by Crippen LogP contribution is -2.53. The van der Waals surface area contributed by atoms with E-state index in [0.717, 1.165) is 26.0 Å². The topological polar surface area (TPSA) is 49.9 Å². The molecule has 2 atom stereocenters. The van der Waals surface area contributed by atoms with E-state index in [2.05, 4.69) is 18.7 Å². The summed E-state index contributed by atoms with van der Waals surface area (Å²) >= 11 is 0. The van der Waals surface area contributed by atoms with Crippen molar-refractivity contribution in [1.29, 1.82) is 0 Å². The molecule has 18 heavy (non-hydrogen) atoms. The molecule has 1 saturated carbocycles. The molecule has 5 nitrogen and oxygen atoms in total. The van der Waals surface area contributed by atoms with Gasteiger partial charge < -0.3 is 4.74 Å². The van der Waals surface area contributed by atoms with Crippen molar-refractivity contribution >= 4 is 10.0 Å². The first-order valence-corrected chi connectivity index (χ1v) is 8.37. The Bertz CT molecular complexity index is 419. The number of rotatable bonds is 3.